The van der Waals surface area contributed by atoms with Crippen molar-refractivity contribution in [2.75, 3.05) is 5.32 Å². The minimum absolute atomic E-state index is 0.206. The maximum absolute atomic E-state index is 12.6. The summed E-state index contributed by atoms with van der Waals surface area (Å²) in [4.78, 5) is 12.6. The van der Waals surface area contributed by atoms with E-state index in [1.807, 2.05) is 48.5 Å². The number of halogens is 1. The van der Waals surface area contributed by atoms with Crippen molar-refractivity contribution in [1.29, 1.82) is 0 Å². The Morgan fingerprint density at radius 1 is 1.00 bits per heavy atom. The molecule has 0 saturated heterocycles. The molecule has 4 rings (SSSR count). The SMILES string of the molecule is O=C(Nc1ccnn1Cc1ccccc1)c1ccc(-c2ccccc2Cl)o1. The van der Waals surface area contributed by atoms with Crippen LogP contribution in [-0.4, -0.2) is 15.7 Å². The summed E-state index contributed by atoms with van der Waals surface area (Å²) < 4.78 is 7.42. The van der Waals surface area contributed by atoms with E-state index in [1.165, 1.54) is 0 Å². The zero-order chi connectivity index (χ0) is 18.6. The van der Waals surface area contributed by atoms with E-state index in [0.717, 1.165) is 11.1 Å². The van der Waals surface area contributed by atoms with E-state index >= 15 is 0 Å². The summed E-state index contributed by atoms with van der Waals surface area (Å²) in [6.07, 6.45) is 1.65. The lowest BCUT2D eigenvalue weighted by molar-refractivity contribution is 0.0996. The van der Waals surface area contributed by atoms with Crippen molar-refractivity contribution >= 4 is 23.3 Å². The van der Waals surface area contributed by atoms with Crippen molar-refractivity contribution in [3.8, 4) is 11.3 Å². The second-order valence-corrected chi connectivity index (χ2v) is 6.36. The topological polar surface area (TPSA) is 60.1 Å². The van der Waals surface area contributed by atoms with Crippen molar-refractivity contribution in [3.63, 3.8) is 0 Å². The van der Waals surface area contributed by atoms with Crippen LogP contribution in [0.25, 0.3) is 11.3 Å². The molecule has 1 N–H and O–H groups in total. The van der Waals surface area contributed by atoms with Gasteiger partial charge in [0.05, 0.1) is 17.8 Å². The lowest BCUT2D eigenvalue weighted by Gasteiger charge is -2.08. The minimum atomic E-state index is -0.344. The van der Waals surface area contributed by atoms with E-state index in [1.54, 1.807) is 35.1 Å². The molecular weight excluding hydrogens is 362 g/mol. The summed E-state index contributed by atoms with van der Waals surface area (Å²) in [6.45, 7) is 0.562. The maximum atomic E-state index is 12.6. The van der Waals surface area contributed by atoms with Gasteiger partial charge >= 0.3 is 0 Å². The van der Waals surface area contributed by atoms with Crippen LogP contribution in [0.1, 0.15) is 16.1 Å². The third kappa shape index (κ3) is 3.78. The van der Waals surface area contributed by atoms with Crippen LogP contribution < -0.4 is 5.32 Å². The number of nitrogens with one attached hydrogen (secondary N) is 1. The Labute approximate surface area is 161 Å². The second-order valence-electron chi connectivity index (χ2n) is 5.96. The van der Waals surface area contributed by atoms with Crippen molar-refractivity contribution in [2.24, 2.45) is 0 Å². The molecule has 2 heterocycles. The zero-order valence-electron chi connectivity index (χ0n) is 14.3. The Hall–Kier alpha value is -3.31. The smallest absolute Gasteiger partial charge is 0.292 e. The fourth-order valence-corrected chi connectivity index (χ4v) is 2.99. The number of anilines is 1. The van der Waals surface area contributed by atoms with Crippen molar-refractivity contribution in [1.82, 2.24) is 9.78 Å². The van der Waals surface area contributed by atoms with Gasteiger partial charge in [-0.1, -0.05) is 54.1 Å². The van der Waals surface area contributed by atoms with Gasteiger partial charge < -0.3 is 9.73 Å². The molecule has 1 amide bonds. The molecule has 2 aromatic carbocycles. The molecule has 0 aliphatic heterocycles. The van der Waals surface area contributed by atoms with Crippen LogP contribution >= 0.6 is 11.6 Å². The molecule has 0 spiro atoms. The average Bonchev–Trinajstić information content (AvgIpc) is 3.33. The summed E-state index contributed by atoms with van der Waals surface area (Å²) in [5, 5.41) is 7.69. The molecule has 0 unspecified atom stereocenters. The molecule has 0 atom stereocenters. The highest BCUT2D eigenvalue weighted by atomic mass is 35.5. The number of furan rings is 1. The number of carbonyl (C=O) groups is 1. The van der Waals surface area contributed by atoms with Gasteiger partial charge in [-0.25, -0.2) is 4.68 Å². The molecule has 0 aliphatic rings. The summed E-state index contributed by atoms with van der Waals surface area (Å²) in [6, 6.07) is 22.4. The average molecular weight is 378 g/mol. The molecule has 0 bridgehead atoms. The van der Waals surface area contributed by atoms with Crippen LogP contribution in [0.15, 0.2) is 83.4 Å². The number of benzene rings is 2. The van der Waals surface area contributed by atoms with Gasteiger partial charge in [0.15, 0.2) is 5.76 Å². The molecule has 134 valence electrons. The van der Waals surface area contributed by atoms with E-state index in [-0.39, 0.29) is 11.7 Å². The fraction of sp³-hybridized carbons (Fsp3) is 0.0476. The first-order valence-corrected chi connectivity index (χ1v) is 8.80. The Morgan fingerprint density at radius 2 is 1.78 bits per heavy atom. The lowest BCUT2D eigenvalue weighted by atomic mass is 10.2. The summed E-state index contributed by atoms with van der Waals surface area (Å²) >= 11 is 6.19. The number of carbonyl (C=O) groups excluding carboxylic acids is 1. The monoisotopic (exact) mass is 377 g/mol. The molecule has 2 aromatic heterocycles. The molecule has 0 fully saturated rings. The van der Waals surface area contributed by atoms with Gasteiger partial charge in [0, 0.05) is 11.6 Å². The van der Waals surface area contributed by atoms with Crippen LogP contribution in [0, 0.1) is 0 Å². The fourth-order valence-electron chi connectivity index (χ4n) is 2.76. The van der Waals surface area contributed by atoms with E-state index < -0.39 is 0 Å². The Kier molecular flexibility index (Phi) is 4.77. The maximum Gasteiger partial charge on any atom is 0.292 e. The van der Waals surface area contributed by atoms with Gasteiger partial charge in [-0.2, -0.15) is 5.10 Å². The van der Waals surface area contributed by atoms with Crippen LogP contribution in [-0.2, 0) is 6.54 Å². The number of hydrogen-bond donors (Lipinski definition) is 1. The highest BCUT2D eigenvalue weighted by Crippen LogP contribution is 2.29. The number of hydrogen-bond acceptors (Lipinski definition) is 3. The largest absolute Gasteiger partial charge is 0.451 e. The van der Waals surface area contributed by atoms with E-state index in [9.17, 15) is 4.79 Å². The van der Waals surface area contributed by atoms with Gasteiger partial charge in [0.1, 0.15) is 11.6 Å². The van der Waals surface area contributed by atoms with Crippen LogP contribution in [0.3, 0.4) is 0 Å². The molecule has 0 radical (unpaired) electrons. The number of nitrogens with zero attached hydrogens (tertiary/aromatic N) is 2. The standard InChI is InChI=1S/C21H16ClN3O2/c22-17-9-5-4-8-16(17)18-10-11-19(27-18)21(26)24-20-12-13-23-25(20)14-15-6-2-1-3-7-15/h1-13H,14H2,(H,24,26). The highest BCUT2D eigenvalue weighted by molar-refractivity contribution is 6.33. The molecule has 0 aliphatic carbocycles. The molecule has 0 saturated carbocycles. The van der Waals surface area contributed by atoms with Crippen LogP contribution in [0.2, 0.25) is 5.02 Å². The predicted octanol–water partition coefficient (Wildman–Crippen LogP) is 5.10. The lowest BCUT2D eigenvalue weighted by Crippen LogP contribution is -2.15. The molecule has 4 aromatic rings. The molecule has 27 heavy (non-hydrogen) atoms. The normalized spacial score (nSPS) is 10.7. The van der Waals surface area contributed by atoms with Crippen molar-refractivity contribution in [2.45, 2.75) is 6.54 Å². The Balaban J connectivity index is 1.51. The van der Waals surface area contributed by atoms with E-state index in [0.29, 0.717) is 23.1 Å². The van der Waals surface area contributed by atoms with Gasteiger partial charge in [0.25, 0.3) is 5.91 Å². The first kappa shape index (κ1) is 17.1. The zero-order valence-corrected chi connectivity index (χ0v) is 15.1. The summed E-state index contributed by atoms with van der Waals surface area (Å²) in [7, 11) is 0. The number of rotatable bonds is 5. The van der Waals surface area contributed by atoms with Crippen molar-refractivity contribution < 1.29 is 9.21 Å². The molecule has 6 heteroatoms. The first-order valence-electron chi connectivity index (χ1n) is 8.42. The van der Waals surface area contributed by atoms with Crippen LogP contribution in [0.5, 0.6) is 0 Å². The van der Waals surface area contributed by atoms with Gasteiger partial charge in [-0.05, 0) is 29.8 Å². The molecular formula is C21H16ClN3O2. The highest BCUT2D eigenvalue weighted by Gasteiger charge is 2.15. The Morgan fingerprint density at radius 3 is 2.59 bits per heavy atom. The summed E-state index contributed by atoms with van der Waals surface area (Å²) in [5.41, 5.74) is 1.84. The minimum Gasteiger partial charge on any atom is -0.451 e. The van der Waals surface area contributed by atoms with Gasteiger partial charge in [-0.3, -0.25) is 4.79 Å². The number of aromatic nitrogens is 2. The third-order valence-corrected chi connectivity index (χ3v) is 4.43. The van der Waals surface area contributed by atoms with Crippen LogP contribution in [0.4, 0.5) is 5.82 Å². The van der Waals surface area contributed by atoms with E-state index in [2.05, 4.69) is 10.4 Å². The second kappa shape index (κ2) is 7.51. The van der Waals surface area contributed by atoms with E-state index in [4.69, 9.17) is 16.0 Å². The van der Waals surface area contributed by atoms with Crippen molar-refractivity contribution in [3.05, 3.63) is 95.3 Å². The summed E-state index contributed by atoms with van der Waals surface area (Å²) in [5.74, 6) is 1.00. The third-order valence-electron chi connectivity index (χ3n) is 4.10. The van der Waals surface area contributed by atoms with Gasteiger partial charge in [-0.15, -0.1) is 0 Å². The Bertz CT molecular complexity index is 1070. The van der Waals surface area contributed by atoms with Gasteiger partial charge in [0.2, 0.25) is 0 Å². The predicted molar refractivity (Wildman–Crippen MR) is 105 cm³/mol. The quantitative estimate of drug-likeness (QED) is 0.526. The molecule has 5 nitrogen and oxygen atoms in total. The first-order chi connectivity index (χ1) is 13.2. The number of amides is 1.